The van der Waals surface area contributed by atoms with Gasteiger partial charge in [0, 0.05) is 13.5 Å². The SMILES string of the molecule is CNC(=O)C(O)C[C@H](NC(=O)OC(C)(C)C)C(=O)OC(C)(C)C. The Bertz CT molecular complexity index is 436. The normalized spacial score (nSPS) is 14.4. The van der Waals surface area contributed by atoms with E-state index in [0.29, 0.717) is 0 Å². The van der Waals surface area contributed by atoms with Crippen molar-refractivity contribution < 1.29 is 29.0 Å². The van der Waals surface area contributed by atoms with E-state index < -0.39 is 41.3 Å². The summed E-state index contributed by atoms with van der Waals surface area (Å²) in [5, 5.41) is 14.4. The Kier molecular flexibility index (Phi) is 7.50. The summed E-state index contributed by atoms with van der Waals surface area (Å²) in [4.78, 5) is 35.4. The van der Waals surface area contributed by atoms with E-state index in [4.69, 9.17) is 9.47 Å². The fourth-order valence-electron chi connectivity index (χ4n) is 1.53. The summed E-state index contributed by atoms with van der Waals surface area (Å²) < 4.78 is 10.3. The van der Waals surface area contributed by atoms with Crippen LogP contribution < -0.4 is 10.6 Å². The van der Waals surface area contributed by atoms with Gasteiger partial charge in [0.05, 0.1) is 0 Å². The summed E-state index contributed by atoms with van der Waals surface area (Å²) >= 11 is 0. The minimum absolute atomic E-state index is 0.326. The second-order valence-corrected chi connectivity index (χ2v) is 7.10. The highest BCUT2D eigenvalue weighted by atomic mass is 16.6. The molecule has 2 amide bonds. The van der Waals surface area contributed by atoms with Crippen LogP contribution in [0.2, 0.25) is 0 Å². The highest BCUT2D eigenvalue weighted by Gasteiger charge is 2.32. The molecule has 23 heavy (non-hydrogen) atoms. The second kappa shape index (κ2) is 8.14. The lowest BCUT2D eigenvalue weighted by Crippen LogP contribution is -2.49. The van der Waals surface area contributed by atoms with Gasteiger partial charge >= 0.3 is 12.1 Å². The van der Waals surface area contributed by atoms with Crippen molar-refractivity contribution in [2.75, 3.05) is 7.05 Å². The number of amides is 2. The summed E-state index contributed by atoms with van der Waals surface area (Å²) in [6.45, 7) is 10.0. The first kappa shape index (κ1) is 21.2. The van der Waals surface area contributed by atoms with Gasteiger partial charge in [-0.05, 0) is 41.5 Å². The summed E-state index contributed by atoms with van der Waals surface area (Å²) in [5.41, 5.74) is -1.52. The number of aliphatic hydroxyl groups excluding tert-OH is 1. The van der Waals surface area contributed by atoms with Gasteiger partial charge in [0.1, 0.15) is 23.3 Å². The van der Waals surface area contributed by atoms with E-state index in [-0.39, 0.29) is 6.42 Å². The number of nitrogens with one attached hydrogen (secondary N) is 2. The van der Waals surface area contributed by atoms with Crippen LogP contribution in [0.4, 0.5) is 4.79 Å². The summed E-state index contributed by atoms with van der Waals surface area (Å²) in [5.74, 6) is -1.42. The Morgan fingerprint density at radius 1 is 1.00 bits per heavy atom. The molecule has 0 aromatic heterocycles. The number of esters is 1. The maximum absolute atomic E-state index is 12.2. The van der Waals surface area contributed by atoms with Crippen LogP contribution in [0.5, 0.6) is 0 Å². The number of alkyl carbamates (subject to hydrolysis) is 1. The van der Waals surface area contributed by atoms with Gasteiger partial charge in [0.15, 0.2) is 0 Å². The number of hydrogen-bond acceptors (Lipinski definition) is 6. The average molecular weight is 332 g/mol. The molecule has 8 heteroatoms. The van der Waals surface area contributed by atoms with Gasteiger partial charge in [-0.15, -0.1) is 0 Å². The Labute approximate surface area is 136 Å². The molecule has 0 aromatic rings. The van der Waals surface area contributed by atoms with Crippen LogP contribution in [-0.4, -0.2) is 53.5 Å². The van der Waals surface area contributed by atoms with Crippen molar-refractivity contribution in [3.8, 4) is 0 Å². The largest absolute Gasteiger partial charge is 0.458 e. The zero-order valence-electron chi connectivity index (χ0n) is 14.9. The zero-order valence-corrected chi connectivity index (χ0v) is 14.9. The molecule has 0 rings (SSSR count). The minimum Gasteiger partial charge on any atom is -0.458 e. The first-order valence-electron chi connectivity index (χ1n) is 7.37. The fourth-order valence-corrected chi connectivity index (χ4v) is 1.53. The third-order valence-electron chi connectivity index (χ3n) is 2.39. The standard InChI is InChI=1S/C15H28N2O6/c1-14(2,3)22-12(20)9(8-10(18)11(19)16-7)17-13(21)23-15(4,5)6/h9-10,18H,8H2,1-7H3,(H,16,19)(H,17,21)/t9-,10?/m0/s1. The van der Waals surface area contributed by atoms with Crippen molar-refractivity contribution in [3.05, 3.63) is 0 Å². The van der Waals surface area contributed by atoms with Gasteiger partial charge in [-0.25, -0.2) is 9.59 Å². The highest BCUT2D eigenvalue weighted by molar-refractivity contribution is 5.84. The molecule has 0 saturated carbocycles. The molecule has 0 radical (unpaired) electrons. The van der Waals surface area contributed by atoms with E-state index in [2.05, 4.69) is 10.6 Å². The molecule has 0 aromatic carbocycles. The number of ether oxygens (including phenoxy) is 2. The van der Waals surface area contributed by atoms with Gasteiger partial charge in [-0.2, -0.15) is 0 Å². The number of likely N-dealkylation sites (N-methyl/N-ethyl adjacent to an activating group) is 1. The number of carbonyl (C=O) groups excluding carboxylic acids is 3. The molecule has 1 unspecified atom stereocenters. The van der Waals surface area contributed by atoms with Gasteiger partial charge in [0.2, 0.25) is 5.91 Å². The number of carbonyl (C=O) groups is 3. The fraction of sp³-hybridized carbons (Fsp3) is 0.800. The lowest BCUT2D eigenvalue weighted by Gasteiger charge is -2.27. The van der Waals surface area contributed by atoms with Gasteiger partial charge in [-0.1, -0.05) is 0 Å². The first-order chi connectivity index (χ1) is 10.2. The predicted molar refractivity (Wildman–Crippen MR) is 83.7 cm³/mol. The molecule has 0 fully saturated rings. The average Bonchev–Trinajstić information content (AvgIpc) is 2.32. The maximum atomic E-state index is 12.2. The monoisotopic (exact) mass is 332 g/mol. The molecule has 0 bridgehead atoms. The van der Waals surface area contributed by atoms with Crippen LogP contribution in [0, 0.1) is 0 Å². The van der Waals surface area contributed by atoms with E-state index in [1.165, 1.54) is 7.05 Å². The van der Waals surface area contributed by atoms with Crippen molar-refractivity contribution in [2.24, 2.45) is 0 Å². The topological polar surface area (TPSA) is 114 Å². The molecule has 2 atom stereocenters. The molecule has 0 aliphatic heterocycles. The quantitative estimate of drug-likeness (QED) is 0.639. The van der Waals surface area contributed by atoms with Crippen LogP contribution in [0.15, 0.2) is 0 Å². The second-order valence-electron chi connectivity index (χ2n) is 7.10. The van der Waals surface area contributed by atoms with Crippen molar-refractivity contribution in [3.63, 3.8) is 0 Å². The van der Waals surface area contributed by atoms with Gasteiger partial charge in [0.25, 0.3) is 0 Å². The summed E-state index contributed by atoms with van der Waals surface area (Å²) in [6, 6.07) is -1.21. The third-order valence-corrected chi connectivity index (χ3v) is 2.39. The van der Waals surface area contributed by atoms with Crippen molar-refractivity contribution in [2.45, 2.75) is 71.3 Å². The van der Waals surface area contributed by atoms with E-state index in [9.17, 15) is 19.5 Å². The van der Waals surface area contributed by atoms with Crippen molar-refractivity contribution in [1.29, 1.82) is 0 Å². The van der Waals surface area contributed by atoms with Gasteiger partial charge < -0.3 is 25.2 Å². The highest BCUT2D eigenvalue weighted by Crippen LogP contribution is 2.12. The van der Waals surface area contributed by atoms with E-state index in [1.807, 2.05) is 0 Å². The molecule has 0 saturated heterocycles. The smallest absolute Gasteiger partial charge is 0.408 e. The molecular formula is C15H28N2O6. The van der Waals surface area contributed by atoms with Gasteiger partial charge in [-0.3, -0.25) is 4.79 Å². The maximum Gasteiger partial charge on any atom is 0.408 e. The summed E-state index contributed by atoms with van der Waals surface area (Å²) in [7, 11) is 1.36. The van der Waals surface area contributed by atoms with Crippen molar-refractivity contribution >= 4 is 18.0 Å². The summed E-state index contributed by atoms with van der Waals surface area (Å²) in [6.07, 6.45) is -2.63. The lowest BCUT2D eigenvalue weighted by molar-refractivity contribution is -0.158. The molecule has 0 aliphatic rings. The lowest BCUT2D eigenvalue weighted by atomic mass is 10.1. The van der Waals surface area contributed by atoms with Crippen LogP contribution in [0.1, 0.15) is 48.0 Å². The van der Waals surface area contributed by atoms with Crippen molar-refractivity contribution in [1.82, 2.24) is 10.6 Å². The Hall–Kier alpha value is -1.83. The molecule has 0 spiro atoms. The van der Waals surface area contributed by atoms with Crippen LogP contribution in [-0.2, 0) is 19.1 Å². The third kappa shape index (κ3) is 9.72. The molecule has 3 N–H and O–H groups in total. The molecule has 0 aliphatic carbocycles. The van der Waals surface area contributed by atoms with Crippen LogP contribution >= 0.6 is 0 Å². The van der Waals surface area contributed by atoms with E-state index in [1.54, 1.807) is 41.5 Å². The molecule has 8 nitrogen and oxygen atoms in total. The Balaban J connectivity index is 5.03. The minimum atomic E-state index is -1.47. The predicted octanol–water partition coefficient (Wildman–Crippen LogP) is 0.718. The Morgan fingerprint density at radius 2 is 1.48 bits per heavy atom. The molecule has 0 heterocycles. The Morgan fingerprint density at radius 3 is 1.87 bits per heavy atom. The first-order valence-corrected chi connectivity index (χ1v) is 7.37. The van der Waals surface area contributed by atoms with E-state index in [0.717, 1.165) is 0 Å². The number of aliphatic hydroxyl groups is 1. The van der Waals surface area contributed by atoms with Crippen LogP contribution in [0.3, 0.4) is 0 Å². The van der Waals surface area contributed by atoms with Crippen LogP contribution in [0.25, 0.3) is 0 Å². The number of rotatable bonds is 5. The molecular weight excluding hydrogens is 304 g/mol. The number of hydrogen-bond donors (Lipinski definition) is 3. The van der Waals surface area contributed by atoms with E-state index >= 15 is 0 Å². The molecule has 134 valence electrons. The zero-order chi connectivity index (χ0) is 18.4.